The first-order chi connectivity index (χ1) is 27.5. The van der Waals surface area contributed by atoms with Crippen molar-refractivity contribution in [1.82, 2.24) is 5.32 Å². The third-order valence-corrected chi connectivity index (χ3v) is 8.52. The van der Waals surface area contributed by atoms with E-state index >= 15 is 0 Å². The van der Waals surface area contributed by atoms with Gasteiger partial charge in [0.15, 0.2) is 0 Å². The van der Waals surface area contributed by atoms with Crippen LogP contribution in [0.3, 0.4) is 0 Å². The second kappa shape index (κ2) is 20.9. The van der Waals surface area contributed by atoms with Gasteiger partial charge in [-0.15, -0.1) is 0 Å². The standard InChI is InChI=1S/C28H31NO5.C20H25NO3/c1-28(2,3)34-26(30)25(29-27(31)33-19-21-9-6-5-7-10-21)17-20-13-15-22(16-14-20)23-11-8-12-24(18-23)32-4;1-20(2,3)24-19(22)18(21)12-14-8-10-15(11-9-14)16-6-5-7-17(13-16)23-4/h5-16,18,25H,17,19H2,1-4H3,(H,29,31);5-11,13,18H,12,21H2,1-4H3/t25-;18-/m00/s1. The van der Waals surface area contributed by atoms with E-state index in [0.29, 0.717) is 6.42 Å². The molecule has 0 aliphatic heterocycles. The van der Waals surface area contributed by atoms with Gasteiger partial charge >= 0.3 is 18.0 Å². The van der Waals surface area contributed by atoms with Crippen molar-refractivity contribution >= 4 is 18.0 Å². The fourth-order valence-electron chi connectivity index (χ4n) is 5.70. The second-order valence-corrected chi connectivity index (χ2v) is 15.7. The molecule has 0 saturated carbocycles. The minimum Gasteiger partial charge on any atom is -0.497 e. The molecule has 0 spiro atoms. The van der Waals surface area contributed by atoms with Crippen LogP contribution in [0.5, 0.6) is 11.5 Å². The Morgan fingerprint density at radius 1 is 0.552 bits per heavy atom. The van der Waals surface area contributed by atoms with E-state index in [-0.39, 0.29) is 19.0 Å². The van der Waals surface area contributed by atoms with Crippen molar-refractivity contribution in [3.05, 3.63) is 144 Å². The molecule has 0 aliphatic rings. The number of ether oxygens (including phenoxy) is 5. The van der Waals surface area contributed by atoms with Crippen molar-refractivity contribution in [2.75, 3.05) is 14.2 Å². The Bertz CT molecular complexity index is 2070. The molecule has 0 unspecified atom stereocenters. The van der Waals surface area contributed by atoms with Crippen molar-refractivity contribution < 1.29 is 38.1 Å². The van der Waals surface area contributed by atoms with Gasteiger partial charge < -0.3 is 34.7 Å². The number of alkyl carbamates (subject to hydrolysis) is 1. The minimum atomic E-state index is -0.884. The lowest BCUT2D eigenvalue weighted by molar-refractivity contribution is -0.158. The predicted molar refractivity (Wildman–Crippen MR) is 227 cm³/mol. The quantitative estimate of drug-likeness (QED) is 0.0885. The lowest BCUT2D eigenvalue weighted by Crippen LogP contribution is -2.45. The van der Waals surface area contributed by atoms with E-state index in [2.05, 4.69) is 5.32 Å². The van der Waals surface area contributed by atoms with Gasteiger partial charge in [0.1, 0.15) is 41.4 Å². The Morgan fingerprint density at radius 2 is 1.02 bits per heavy atom. The van der Waals surface area contributed by atoms with E-state index in [1.807, 2.05) is 148 Å². The van der Waals surface area contributed by atoms with Gasteiger partial charge in [-0.1, -0.05) is 103 Å². The van der Waals surface area contributed by atoms with Gasteiger partial charge in [-0.25, -0.2) is 9.59 Å². The van der Waals surface area contributed by atoms with Crippen LogP contribution in [-0.2, 0) is 43.2 Å². The molecular formula is C48H56N2O8. The van der Waals surface area contributed by atoms with E-state index in [9.17, 15) is 14.4 Å². The molecule has 0 bridgehead atoms. The molecule has 0 aliphatic carbocycles. The van der Waals surface area contributed by atoms with Crippen LogP contribution in [0.15, 0.2) is 127 Å². The maximum absolute atomic E-state index is 12.8. The second-order valence-electron chi connectivity index (χ2n) is 15.7. The van der Waals surface area contributed by atoms with Gasteiger partial charge in [-0.3, -0.25) is 4.79 Å². The van der Waals surface area contributed by atoms with Crippen molar-refractivity contribution in [3.8, 4) is 33.8 Å². The highest BCUT2D eigenvalue weighted by Crippen LogP contribution is 2.26. The third kappa shape index (κ3) is 15.1. The highest BCUT2D eigenvalue weighted by Gasteiger charge is 2.28. The number of esters is 2. The SMILES string of the molecule is COc1cccc(-c2ccc(C[C@H](N)C(=O)OC(C)(C)C)cc2)c1.COc1cccc(-c2ccc(C[C@H](NC(=O)OCc3ccccc3)C(=O)OC(C)(C)C)cc2)c1. The minimum absolute atomic E-state index is 0.114. The Morgan fingerprint density at radius 3 is 1.48 bits per heavy atom. The summed E-state index contributed by atoms with van der Waals surface area (Å²) < 4.78 is 26.7. The Labute approximate surface area is 342 Å². The van der Waals surface area contributed by atoms with Crippen LogP contribution in [0.1, 0.15) is 58.2 Å². The Balaban J connectivity index is 0.000000273. The van der Waals surface area contributed by atoms with Crippen LogP contribution in [0, 0.1) is 0 Å². The van der Waals surface area contributed by atoms with Gasteiger partial charge in [-0.05, 0) is 111 Å². The smallest absolute Gasteiger partial charge is 0.408 e. The molecular weight excluding hydrogens is 733 g/mol. The summed E-state index contributed by atoms with van der Waals surface area (Å²) in [5.41, 5.74) is 11.7. The predicted octanol–water partition coefficient (Wildman–Crippen LogP) is 9.12. The van der Waals surface area contributed by atoms with Crippen LogP contribution in [-0.4, -0.2) is 55.5 Å². The van der Waals surface area contributed by atoms with Gasteiger partial charge in [0.25, 0.3) is 0 Å². The van der Waals surface area contributed by atoms with Gasteiger partial charge in [-0.2, -0.15) is 0 Å². The van der Waals surface area contributed by atoms with Gasteiger partial charge in [0.05, 0.1) is 14.2 Å². The van der Waals surface area contributed by atoms with Crippen molar-refractivity contribution in [1.29, 1.82) is 0 Å². The van der Waals surface area contributed by atoms with E-state index in [1.165, 1.54) is 0 Å². The third-order valence-electron chi connectivity index (χ3n) is 8.52. The topological polar surface area (TPSA) is 135 Å². The van der Waals surface area contributed by atoms with Crippen LogP contribution in [0.2, 0.25) is 0 Å². The molecule has 5 aromatic rings. The summed E-state index contributed by atoms with van der Waals surface area (Å²) in [6.45, 7) is 11.0. The number of hydrogen-bond donors (Lipinski definition) is 2. The summed E-state index contributed by atoms with van der Waals surface area (Å²) in [5.74, 6) is 0.716. The lowest BCUT2D eigenvalue weighted by Gasteiger charge is -2.24. The van der Waals surface area contributed by atoms with Crippen LogP contribution >= 0.6 is 0 Å². The molecule has 2 atom stereocenters. The first-order valence-corrected chi connectivity index (χ1v) is 19.2. The number of amides is 1. The molecule has 58 heavy (non-hydrogen) atoms. The van der Waals surface area contributed by atoms with Crippen molar-refractivity contribution in [2.45, 2.75) is 84.3 Å². The zero-order valence-corrected chi connectivity index (χ0v) is 34.7. The number of rotatable bonds is 13. The monoisotopic (exact) mass is 788 g/mol. The molecule has 306 valence electrons. The van der Waals surface area contributed by atoms with Crippen LogP contribution in [0.4, 0.5) is 4.79 Å². The molecule has 5 aromatic carbocycles. The number of methoxy groups -OCH3 is 2. The number of nitrogens with one attached hydrogen (secondary N) is 1. The largest absolute Gasteiger partial charge is 0.497 e. The fraction of sp³-hybridized carbons (Fsp3) is 0.312. The van der Waals surface area contributed by atoms with Crippen LogP contribution in [0.25, 0.3) is 22.3 Å². The zero-order valence-electron chi connectivity index (χ0n) is 34.7. The average molecular weight is 789 g/mol. The first kappa shape index (κ1) is 44.6. The van der Waals surface area contributed by atoms with E-state index in [1.54, 1.807) is 35.0 Å². The van der Waals surface area contributed by atoms with Gasteiger partial charge in [0.2, 0.25) is 0 Å². The summed E-state index contributed by atoms with van der Waals surface area (Å²) in [6.07, 6.45) is 0.0498. The summed E-state index contributed by atoms with van der Waals surface area (Å²) in [7, 11) is 3.29. The van der Waals surface area contributed by atoms with Crippen LogP contribution < -0.4 is 20.5 Å². The molecule has 10 nitrogen and oxygen atoms in total. The molecule has 3 N–H and O–H groups in total. The maximum atomic E-state index is 12.8. The number of nitrogens with two attached hydrogens (primary N) is 1. The summed E-state index contributed by atoms with van der Waals surface area (Å²) >= 11 is 0. The highest BCUT2D eigenvalue weighted by atomic mass is 16.6. The first-order valence-electron chi connectivity index (χ1n) is 19.2. The number of hydrogen-bond acceptors (Lipinski definition) is 9. The number of benzene rings is 5. The molecule has 1 amide bonds. The van der Waals surface area contributed by atoms with Gasteiger partial charge in [0, 0.05) is 6.42 Å². The number of carbonyl (C=O) groups is 3. The number of carbonyl (C=O) groups excluding carboxylic acids is 3. The molecule has 10 heteroatoms. The van der Waals surface area contributed by atoms with E-state index in [0.717, 1.165) is 50.4 Å². The summed E-state index contributed by atoms with van der Waals surface area (Å²) in [4.78, 5) is 37.2. The van der Waals surface area contributed by atoms with Crippen molar-refractivity contribution in [2.24, 2.45) is 5.73 Å². The lowest BCUT2D eigenvalue weighted by atomic mass is 10.0. The molecule has 5 rings (SSSR count). The molecule has 0 radical (unpaired) electrons. The van der Waals surface area contributed by atoms with E-state index in [4.69, 9.17) is 29.4 Å². The maximum Gasteiger partial charge on any atom is 0.408 e. The Kier molecular flexibility index (Phi) is 16.0. The van der Waals surface area contributed by atoms with Crippen molar-refractivity contribution in [3.63, 3.8) is 0 Å². The molecule has 0 saturated heterocycles. The fourth-order valence-corrected chi connectivity index (χ4v) is 5.70. The highest BCUT2D eigenvalue weighted by molar-refractivity contribution is 5.82. The average Bonchev–Trinajstić information content (AvgIpc) is 3.19. The normalized spacial score (nSPS) is 12.2. The van der Waals surface area contributed by atoms with E-state index < -0.39 is 35.3 Å². The molecule has 0 heterocycles. The zero-order chi connectivity index (χ0) is 42.3. The summed E-state index contributed by atoms with van der Waals surface area (Å²) in [5, 5.41) is 2.67. The molecule has 0 aromatic heterocycles. The molecule has 0 fully saturated rings. The summed E-state index contributed by atoms with van der Waals surface area (Å²) in [6, 6.07) is 39.3. The Hall–Kier alpha value is -6.13.